The summed E-state index contributed by atoms with van der Waals surface area (Å²) in [7, 11) is 1.59. The molecule has 0 atom stereocenters. The minimum atomic E-state index is -0.151. The lowest BCUT2D eigenvalue weighted by atomic mass is 10.0. The van der Waals surface area contributed by atoms with Crippen LogP contribution in [0.2, 0.25) is 0 Å². The lowest BCUT2D eigenvalue weighted by molar-refractivity contribution is 0.302. The summed E-state index contributed by atoms with van der Waals surface area (Å²) in [6, 6.07) is 5.70. The molecule has 0 spiro atoms. The van der Waals surface area contributed by atoms with E-state index in [1.165, 1.54) is 4.68 Å². The molecule has 1 aromatic heterocycles. The average molecular weight is 412 g/mol. The second kappa shape index (κ2) is 8.79. The molecule has 1 N–H and O–H groups in total. The summed E-state index contributed by atoms with van der Waals surface area (Å²) in [6.07, 6.45) is 0. The van der Waals surface area contributed by atoms with Gasteiger partial charge < -0.3 is 14.7 Å². The van der Waals surface area contributed by atoms with Crippen molar-refractivity contribution in [2.24, 2.45) is 10.1 Å². The number of hydrogen-bond acceptors (Lipinski definition) is 7. The Balaban J connectivity index is 2.09. The topological polar surface area (TPSA) is 92.3 Å². The number of rotatable bonds is 7. The Morgan fingerprint density at radius 3 is 2.63 bits per heavy atom. The Bertz CT molecular complexity index is 1070. The van der Waals surface area contributed by atoms with Crippen LogP contribution in [0.5, 0.6) is 5.75 Å². The van der Waals surface area contributed by atoms with Crippen molar-refractivity contribution in [3.63, 3.8) is 0 Å². The monoisotopic (exact) mass is 411 g/mol. The third kappa shape index (κ3) is 3.87. The molecule has 0 saturated carbocycles. The number of aromatic nitrogens is 2. The highest BCUT2D eigenvalue weighted by Gasteiger charge is 2.26. The van der Waals surface area contributed by atoms with E-state index in [0.717, 1.165) is 12.2 Å². The van der Waals surface area contributed by atoms with E-state index in [4.69, 9.17) is 9.73 Å². The second-order valence-corrected chi connectivity index (χ2v) is 7.51. The third-order valence-electron chi connectivity index (χ3n) is 5.18. The number of nitrogens with zero attached hydrogens (tertiary/aromatic N) is 5. The number of methoxy groups -OCH3 is 1. The van der Waals surface area contributed by atoms with Gasteiger partial charge in [-0.05, 0) is 38.8 Å². The molecule has 0 bridgehead atoms. The van der Waals surface area contributed by atoms with Gasteiger partial charge in [0.1, 0.15) is 17.1 Å². The fourth-order valence-electron chi connectivity index (χ4n) is 3.70. The van der Waals surface area contributed by atoms with Gasteiger partial charge in [-0.2, -0.15) is 9.78 Å². The van der Waals surface area contributed by atoms with E-state index in [2.05, 4.69) is 15.0 Å². The van der Waals surface area contributed by atoms with Gasteiger partial charge in [-0.15, -0.1) is 0 Å². The van der Waals surface area contributed by atoms with Crippen LogP contribution in [0.1, 0.15) is 50.7 Å². The summed E-state index contributed by atoms with van der Waals surface area (Å²) in [5.74, 6) is 1.11. The smallest absolute Gasteiger partial charge is 0.278 e. The third-order valence-corrected chi connectivity index (χ3v) is 5.18. The highest BCUT2D eigenvalue weighted by atomic mass is 16.5. The maximum Gasteiger partial charge on any atom is 0.278 e. The number of aliphatic hydroxyl groups is 1. The quantitative estimate of drug-likeness (QED) is 0.756. The Hall–Kier alpha value is -3.00. The van der Waals surface area contributed by atoms with Gasteiger partial charge in [0.15, 0.2) is 5.82 Å². The van der Waals surface area contributed by atoms with E-state index in [0.29, 0.717) is 46.5 Å². The van der Waals surface area contributed by atoms with Crippen molar-refractivity contribution in [2.45, 2.75) is 40.5 Å². The highest BCUT2D eigenvalue weighted by Crippen LogP contribution is 2.33. The molecule has 0 unspecified atom stereocenters. The number of aliphatic imine (C=N–C) groups is 1. The fraction of sp³-hybridized carbons (Fsp3) is 0.455. The number of benzene rings is 1. The summed E-state index contributed by atoms with van der Waals surface area (Å²) in [4.78, 5) is 24.4. The molecule has 0 saturated heterocycles. The first-order valence-electron chi connectivity index (χ1n) is 10.1. The van der Waals surface area contributed by atoms with Gasteiger partial charge in [0.05, 0.1) is 19.4 Å². The Kier molecular flexibility index (Phi) is 6.36. The summed E-state index contributed by atoms with van der Waals surface area (Å²) < 4.78 is 6.91. The van der Waals surface area contributed by atoms with Crippen molar-refractivity contribution in [3.8, 4) is 5.75 Å². The van der Waals surface area contributed by atoms with Gasteiger partial charge in [0.25, 0.3) is 5.56 Å². The van der Waals surface area contributed by atoms with E-state index in [9.17, 15) is 9.90 Å². The fourth-order valence-corrected chi connectivity index (χ4v) is 3.70. The average Bonchev–Trinajstić information content (AvgIpc) is 3.02. The Labute approximate surface area is 176 Å². The molecule has 1 aliphatic heterocycles. The molecule has 1 aliphatic rings. The first kappa shape index (κ1) is 21.7. The second-order valence-electron chi connectivity index (χ2n) is 7.51. The zero-order valence-electron chi connectivity index (χ0n) is 18.4. The molecule has 3 rings (SSSR count). The van der Waals surface area contributed by atoms with E-state index in [1.807, 2.05) is 52.8 Å². The minimum absolute atomic E-state index is 0.0624. The number of anilines is 1. The number of fused-ring (bicyclic) bond motifs is 1. The van der Waals surface area contributed by atoms with Gasteiger partial charge >= 0.3 is 0 Å². The van der Waals surface area contributed by atoms with E-state index in [1.54, 1.807) is 7.11 Å². The summed E-state index contributed by atoms with van der Waals surface area (Å²) in [6.45, 7) is 11.0. The number of hydrogen-bond donors (Lipinski definition) is 1. The predicted octanol–water partition coefficient (Wildman–Crippen LogP) is 2.86. The molecular formula is C22H29N5O3. The molecule has 2 aromatic rings. The van der Waals surface area contributed by atoms with Crippen LogP contribution in [0, 0.1) is 6.92 Å². The summed E-state index contributed by atoms with van der Waals surface area (Å²) in [5, 5.41) is 13.7. The maximum atomic E-state index is 12.9. The van der Waals surface area contributed by atoms with Crippen LogP contribution in [0.15, 0.2) is 33.1 Å². The van der Waals surface area contributed by atoms with E-state index >= 15 is 0 Å². The number of likely N-dealkylation sites (N-methyl/N-ethyl adjacent to an activating group) is 1. The Morgan fingerprint density at radius 2 is 2.03 bits per heavy atom. The first-order chi connectivity index (χ1) is 14.3. The molecule has 1 aromatic carbocycles. The van der Waals surface area contributed by atoms with Crippen LogP contribution in [0.25, 0.3) is 0 Å². The zero-order chi connectivity index (χ0) is 22.0. The SMILES string of the molecule is CCN(CCO)c1ccc(N=C2C(C)=Nn3c2nc(C)c(C(C)C)c3=O)c(OC)c1. The standard InChI is InChI=1S/C22H29N5O3/c1-7-26(10-11-28)16-8-9-17(18(12-16)30-6)24-20-15(5)25-27-21(20)23-14(4)19(13(2)3)22(27)29/h8-9,12-13,28H,7,10-11H2,1-6H3. The first-order valence-corrected chi connectivity index (χ1v) is 10.1. The van der Waals surface area contributed by atoms with Gasteiger partial charge in [-0.25, -0.2) is 9.98 Å². The van der Waals surface area contributed by atoms with Gasteiger partial charge in [0.2, 0.25) is 0 Å². The lowest BCUT2D eigenvalue weighted by Crippen LogP contribution is -2.27. The molecule has 0 radical (unpaired) electrons. The molecule has 30 heavy (non-hydrogen) atoms. The van der Waals surface area contributed by atoms with E-state index in [-0.39, 0.29) is 18.1 Å². The number of aryl methyl sites for hydroxylation is 1. The van der Waals surface area contributed by atoms with Crippen LogP contribution in [-0.2, 0) is 0 Å². The number of aliphatic hydroxyl groups excluding tert-OH is 1. The number of ether oxygens (including phenoxy) is 1. The predicted molar refractivity (Wildman–Crippen MR) is 120 cm³/mol. The molecule has 8 nitrogen and oxygen atoms in total. The molecule has 8 heteroatoms. The largest absolute Gasteiger partial charge is 0.494 e. The molecule has 0 amide bonds. The molecule has 0 aliphatic carbocycles. The van der Waals surface area contributed by atoms with Crippen molar-refractivity contribution in [1.82, 2.24) is 9.66 Å². The van der Waals surface area contributed by atoms with E-state index < -0.39 is 0 Å². The summed E-state index contributed by atoms with van der Waals surface area (Å²) in [5.41, 5.74) is 3.96. The lowest BCUT2D eigenvalue weighted by Gasteiger charge is -2.22. The highest BCUT2D eigenvalue weighted by molar-refractivity contribution is 6.48. The molecule has 160 valence electrons. The van der Waals surface area contributed by atoms with Crippen molar-refractivity contribution < 1.29 is 9.84 Å². The van der Waals surface area contributed by atoms with Crippen molar-refractivity contribution >= 4 is 22.8 Å². The van der Waals surface area contributed by atoms with Crippen molar-refractivity contribution in [3.05, 3.63) is 45.6 Å². The van der Waals surface area contributed by atoms with Gasteiger partial charge in [0, 0.05) is 36.1 Å². The van der Waals surface area contributed by atoms with Crippen LogP contribution >= 0.6 is 0 Å². The zero-order valence-corrected chi connectivity index (χ0v) is 18.4. The summed E-state index contributed by atoms with van der Waals surface area (Å²) >= 11 is 0. The van der Waals surface area contributed by atoms with Crippen LogP contribution in [0.3, 0.4) is 0 Å². The molecular weight excluding hydrogens is 382 g/mol. The van der Waals surface area contributed by atoms with Gasteiger partial charge in [-0.1, -0.05) is 13.8 Å². The maximum absolute atomic E-state index is 12.9. The van der Waals surface area contributed by atoms with Crippen LogP contribution < -0.4 is 15.2 Å². The van der Waals surface area contributed by atoms with Crippen molar-refractivity contribution in [1.29, 1.82) is 0 Å². The van der Waals surface area contributed by atoms with Crippen LogP contribution in [-0.4, -0.2) is 53.0 Å². The Morgan fingerprint density at radius 1 is 1.30 bits per heavy atom. The van der Waals surface area contributed by atoms with Crippen LogP contribution in [0.4, 0.5) is 11.4 Å². The molecule has 0 fully saturated rings. The van der Waals surface area contributed by atoms with Gasteiger partial charge in [-0.3, -0.25) is 4.79 Å². The van der Waals surface area contributed by atoms with Crippen molar-refractivity contribution in [2.75, 3.05) is 31.7 Å². The molecule has 2 heterocycles. The normalized spacial score (nSPS) is 14.3. The minimum Gasteiger partial charge on any atom is -0.494 e.